The summed E-state index contributed by atoms with van der Waals surface area (Å²) in [6.07, 6.45) is 0.388. The number of benzene rings is 1. The molecule has 1 aromatic rings. The molecule has 0 radical (unpaired) electrons. The lowest BCUT2D eigenvalue weighted by atomic mass is 10.1. The number of guanidine groups is 1. The van der Waals surface area contributed by atoms with Gasteiger partial charge in [-0.25, -0.2) is 0 Å². The Balaban J connectivity index is 1.87. The van der Waals surface area contributed by atoms with Gasteiger partial charge in [-0.15, -0.1) is 0 Å². The highest BCUT2D eigenvalue weighted by molar-refractivity contribution is 6.30. The highest BCUT2D eigenvalue weighted by Gasteiger charge is 2.22. The molecule has 0 spiro atoms. The maximum absolute atomic E-state index is 12.3. The third-order valence-corrected chi connectivity index (χ3v) is 3.76. The molecule has 6 heteroatoms. The molecular formula is C15H21ClN4O. The van der Waals surface area contributed by atoms with Crippen molar-refractivity contribution in [3.8, 4) is 0 Å². The number of nitrogens with zero attached hydrogens (tertiary/aromatic N) is 3. The summed E-state index contributed by atoms with van der Waals surface area (Å²) < 4.78 is 0. The van der Waals surface area contributed by atoms with Crippen LogP contribution in [-0.4, -0.2) is 54.4 Å². The summed E-state index contributed by atoms with van der Waals surface area (Å²) in [5, 5.41) is 0.661. The molecule has 1 fully saturated rings. The van der Waals surface area contributed by atoms with Crippen molar-refractivity contribution in [1.29, 1.82) is 0 Å². The second-order valence-electron chi connectivity index (χ2n) is 5.01. The van der Waals surface area contributed by atoms with Crippen molar-refractivity contribution in [2.45, 2.75) is 13.3 Å². The van der Waals surface area contributed by atoms with Crippen molar-refractivity contribution < 1.29 is 4.79 Å². The first-order valence-corrected chi connectivity index (χ1v) is 7.55. The lowest BCUT2D eigenvalue weighted by Gasteiger charge is -2.35. The molecule has 0 atom stereocenters. The van der Waals surface area contributed by atoms with Gasteiger partial charge >= 0.3 is 0 Å². The van der Waals surface area contributed by atoms with Crippen LogP contribution in [-0.2, 0) is 11.2 Å². The van der Waals surface area contributed by atoms with Crippen LogP contribution in [0.2, 0.25) is 5.02 Å². The van der Waals surface area contributed by atoms with E-state index in [0.29, 0.717) is 37.0 Å². The van der Waals surface area contributed by atoms with Crippen LogP contribution in [0.1, 0.15) is 12.5 Å². The van der Waals surface area contributed by atoms with Crippen molar-refractivity contribution >= 4 is 23.5 Å². The average molecular weight is 309 g/mol. The molecule has 2 N–H and O–H groups in total. The van der Waals surface area contributed by atoms with Gasteiger partial charge in [-0.05, 0) is 24.6 Å². The number of hydrogen-bond acceptors (Lipinski definition) is 2. The summed E-state index contributed by atoms with van der Waals surface area (Å²) in [6, 6.07) is 7.43. The minimum atomic E-state index is 0.128. The Morgan fingerprint density at radius 1 is 1.29 bits per heavy atom. The predicted octanol–water partition coefficient (Wildman–Crippen LogP) is 1.36. The Morgan fingerprint density at radius 3 is 2.57 bits per heavy atom. The zero-order chi connectivity index (χ0) is 15.2. The van der Waals surface area contributed by atoms with Gasteiger partial charge in [0.2, 0.25) is 5.91 Å². The molecule has 1 amide bonds. The van der Waals surface area contributed by atoms with Crippen molar-refractivity contribution in [2.75, 3.05) is 32.7 Å². The number of piperazine rings is 1. The van der Waals surface area contributed by atoms with Crippen LogP contribution in [0.4, 0.5) is 0 Å². The number of carbonyl (C=O) groups is 1. The second kappa shape index (κ2) is 7.31. The topological polar surface area (TPSA) is 61.9 Å². The van der Waals surface area contributed by atoms with E-state index in [2.05, 4.69) is 4.99 Å². The molecule has 21 heavy (non-hydrogen) atoms. The third-order valence-electron chi connectivity index (χ3n) is 3.52. The predicted molar refractivity (Wildman–Crippen MR) is 85.5 cm³/mol. The van der Waals surface area contributed by atoms with E-state index in [1.807, 2.05) is 41.0 Å². The molecule has 2 rings (SSSR count). The van der Waals surface area contributed by atoms with Gasteiger partial charge in [-0.3, -0.25) is 9.79 Å². The molecule has 5 nitrogen and oxygen atoms in total. The highest BCUT2D eigenvalue weighted by Crippen LogP contribution is 2.12. The van der Waals surface area contributed by atoms with Crippen molar-refractivity contribution in [1.82, 2.24) is 9.80 Å². The number of rotatable bonds is 3. The van der Waals surface area contributed by atoms with Gasteiger partial charge in [0.05, 0.1) is 6.42 Å². The Morgan fingerprint density at radius 2 is 1.95 bits per heavy atom. The molecule has 1 aliphatic rings. The monoisotopic (exact) mass is 308 g/mol. The number of nitrogens with two attached hydrogens (primary N) is 1. The quantitative estimate of drug-likeness (QED) is 0.677. The first-order chi connectivity index (χ1) is 10.1. The van der Waals surface area contributed by atoms with Crippen molar-refractivity contribution in [3.05, 3.63) is 34.9 Å². The lowest BCUT2D eigenvalue weighted by Crippen LogP contribution is -2.53. The molecule has 0 saturated carbocycles. The van der Waals surface area contributed by atoms with Gasteiger partial charge in [0, 0.05) is 37.7 Å². The zero-order valence-corrected chi connectivity index (χ0v) is 13.0. The summed E-state index contributed by atoms with van der Waals surface area (Å²) in [6.45, 7) is 5.46. The first kappa shape index (κ1) is 15.6. The Bertz CT molecular complexity index is 524. The third kappa shape index (κ3) is 4.36. The van der Waals surface area contributed by atoms with Crippen LogP contribution in [0.25, 0.3) is 0 Å². The van der Waals surface area contributed by atoms with Gasteiger partial charge < -0.3 is 15.5 Å². The maximum atomic E-state index is 12.3. The molecule has 0 aromatic heterocycles. The lowest BCUT2D eigenvalue weighted by molar-refractivity contribution is -0.131. The minimum Gasteiger partial charge on any atom is -0.370 e. The second-order valence-corrected chi connectivity index (χ2v) is 5.44. The van der Waals surface area contributed by atoms with Crippen molar-refractivity contribution in [3.63, 3.8) is 0 Å². The maximum Gasteiger partial charge on any atom is 0.227 e. The number of amides is 1. The molecule has 1 aliphatic heterocycles. The molecular weight excluding hydrogens is 288 g/mol. The normalized spacial score (nSPS) is 16.2. The fourth-order valence-corrected chi connectivity index (χ4v) is 2.59. The summed E-state index contributed by atoms with van der Waals surface area (Å²) in [7, 11) is 0. The summed E-state index contributed by atoms with van der Waals surface area (Å²) >= 11 is 5.94. The number of hydrogen-bond donors (Lipinski definition) is 1. The molecule has 0 bridgehead atoms. The Hall–Kier alpha value is -1.75. The van der Waals surface area contributed by atoms with Crippen LogP contribution < -0.4 is 5.73 Å². The van der Waals surface area contributed by atoms with Crippen LogP contribution in [0.5, 0.6) is 0 Å². The molecule has 1 heterocycles. The molecule has 1 saturated heterocycles. The van der Waals surface area contributed by atoms with Crippen LogP contribution in [0, 0.1) is 0 Å². The van der Waals surface area contributed by atoms with Gasteiger partial charge in [-0.2, -0.15) is 0 Å². The highest BCUT2D eigenvalue weighted by atomic mass is 35.5. The van der Waals surface area contributed by atoms with Gasteiger partial charge in [0.1, 0.15) is 0 Å². The van der Waals surface area contributed by atoms with E-state index in [1.54, 1.807) is 0 Å². The van der Waals surface area contributed by atoms with Gasteiger partial charge in [-0.1, -0.05) is 23.7 Å². The SMILES string of the molecule is CCN=C(N)N1CCN(C(=O)Cc2cccc(Cl)c2)CC1. The zero-order valence-electron chi connectivity index (χ0n) is 12.3. The van der Waals surface area contributed by atoms with E-state index >= 15 is 0 Å². The number of aliphatic imine (C=N–C) groups is 1. The van der Waals surface area contributed by atoms with Crippen LogP contribution in [0.3, 0.4) is 0 Å². The van der Waals surface area contributed by atoms with Gasteiger partial charge in [0.15, 0.2) is 5.96 Å². The van der Waals surface area contributed by atoms with E-state index in [1.165, 1.54) is 0 Å². The van der Waals surface area contributed by atoms with E-state index in [-0.39, 0.29) is 5.91 Å². The number of halogens is 1. The molecule has 114 valence electrons. The van der Waals surface area contributed by atoms with Gasteiger partial charge in [0.25, 0.3) is 0 Å². The number of carbonyl (C=O) groups excluding carboxylic acids is 1. The van der Waals surface area contributed by atoms with E-state index in [4.69, 9.17) is 17.3 Å². The van der Waals surface area contributed by atoms with Crippen LogP contribution in [0.15, 0.2) is 29.3 Å². The molecule has 1 aromatic carbocycles. The first-order valence-electron chi connectivity index (χ1n) is 7.17. The van der Waals surface area contributed by atoms with Crippen molar-refractivity contribution in [2.24, 2.45) is 10.7 Å². The standard InChI is InChI=1S/C15H21ClN4O/c1-2-18-15(17)20-8-6-19(7-9-20)14(21)11-12-4-3-5-13(16)10-12/h3-5,10H,2,6-9,11H2,1H3,(H2,17,18). The Kier molecular flexibility index (Phi) is 5.44. The molecule has 0 aliphatic carbocycles. The summed E-state index contributed by atoms with van der Waals surface area (Å²) in [4.78, 5) is 20.4. The van der Waals surface area contributed by atoms with E-state index in [0.717, 1.165) is 18.7 Å². The van der Waals surface area contributed by atoms with E-state index < -0.39 is 0 Å². The smallest absolute Gasteiger partial charge is 0.227 e. The summed E-state index contributed by atoms with van der Waals surface area (Å²) in [5.41, 5.74) is 6.82. The fourth-order valence-electron chi connectivity index (χ4n) is 2.38. The minimum absolute atomic E-state index is 0.128. The average Bonchev–Trinajstić information content (AvgIpc) is 2.47. The summed E-state index contributed by atoms with van der Waals surface area (Å²) in [5.74, 6) is 0.697. The Labute approximate surface area is 130 Å². The largest absolute Gasteiger partial charge is 0.370 e. The van der Waals surface area contributed by atoms with E-state index in [9.17, 15) is 4.79 Å². The van der Waals surface area contributed by atoms with Crippen LogP contribution >= 0.6 is 11.6 Å². The fraction of sp³-hybridized carbons (Fsp3) is 0.467. The molecule has 0 unspecified atom stereocenters.